The molecule has 0 fully saturated rings. The van der Waals surface area contributed by atoms with Crippen LogP contribution in [0, 0.1) is 6.92 Å². The van der Waals surface area contributed by atoms with Gasteiger partial charge >= 0.3 is 0 Å². The van der Waals surface area contributed by atoms with Gasteiger partial charge in [-0.3, -0.25) is 0 Å². The van der Waals surface area contributed by atoms with E-state index in [-0.39, 0.29) is 11.5 Å². The second-order valence-electron chi connectivity index (χ2n) is 12.5. The fourth-order valence-electron chi connectivity index (χ4n) is 7.11. The Morgan fingerprint density at radius 3 is 1.70 bits per heavy atom. The van der Waals surface area contributed by atoms with E-state index < -0.39 is 0 Å². The maximum absolute atomic E-state index is 12.2. The minimum absolute atomic E-state index is 0.329. The van der Waals surface area contributed by atoms with Gasteiger partial charge in [-0.1, -0.05) is 167 Å². The third-order valence-corrected chi connectivity index (χ3v) is 10.3. The van der Waals surface area contributed by atoms with Crippen LogP contribution >= 0.6 is 31.9 Å². The molecule has 0 saturated carbocycles. The molecule has 0 radical (unpaired) electrons. The SMILES string of the molecule is CCCCCCCCCCCC(O)C1(CCCCCCCCCCC)c2cc(Br)ccc2-c2c(C)cc(Br)cc21. The Balaban J connectivity index is 1.72. The Morgan fingerprint density at radius 1 is 0.625 bits per heavy atom. The molecule has 3 rings (SSSR count). The molecule has 0 heterocycles. The Bertz CT molecular complexity index is 1020. The zero-order chi connectivity index (χ0) is 28.8. The summed E-state index contributed by atoms with van der Waals surface area (Å²) in [5, 5.41) is 12.2. The molecule has 0 aliphatic heterocycles. The average Bonchev–Trinajstić information content (AvgIpc) is 3.20. The molecule has 0 amide bonds. The molecular formula is C37H56Br2O. The van der Waals surface area contributed by atoms with E-state index in [0.717, 1.165) is 28.2 Å². The van der Waals surface area contributed by atoms with Crippen LogP contribution in [0.25, 0.3) is 11.1 Å². The molecule has 1 aliphatic carbocycles. The van der Waals surface area contributed by atoms with Gasteiger partial charge in [0, 0.05) is 14.4 Å². The van der Waals surface area contributed by atoms with Gasteiger partial charge in [-0.2, -0.15) is 0 Å². The summed E-state index contributed by atoms with van der Waals surface area (Å²) < 4.78 is 2.24. The molecule has 2 atom stereocenters. The van der Waals surface area contributed by atoms with Gasteiger partial charge < -0.3 is 5.11 Å². The molecule has 0 spiro atoms. The minimum atomic E-state index is -0.367. The zero-order valence-corrected chi connectivity index (χ0v) is 29.0. The molecule has 1 nitrogen and oxygen atoms in total. The monoisotopic (exact) mass is 674 g/mol. The summed E-state index contributed by atoms with van der Waals surface area (Å²) >= 11 is 7.60. The van der Waals surface area contributed by atoms with Gasteiger partial charge in [0.1, 0.15) is 0 Å². The summed E-state index contributed by atoms with van der Waals surface area (Å²) in [5.41, 5.74) is 6.33. The fraction of sp³-hybridized carbons (Fsp3) is 0.676. The molecular weight excluding hydrogens is 620 g/mol. The fourth-order valence-corrected chi connectivity index (χ4v) is 8.04. The molecule has 2 unspecified atom stereocenters. The van der Waals surface area contributed by atoms with Gasteiger partial charge in [0.05, 0.1) is 6.10 Å². The Kier molecular flexibility index (Phi) is 15.3. The molecule has 224 valence electrons. The largest absolute Gasteiger partial charge is 0.392 e. The maximum atomic E-state index is 12.2. The van der Waals surface area contributed by atoms with E-state index in [4.69, 9.17) is 0 Å². The van der Waals surface area contributed by atoms with Gasteiger partial charge in [-0.25, -0.2) is 0 Å². The average molecular weight is 677 g/mol. The van der Waals surface area contributed by atoms with Crippen LogP contribution in [0.4, 0.5) is 0 Å². The van der Waals surface area contributed by atoms with Crippen molar-refractivity contribution < 1.29 is 5.11 Å². The quantitative estimate of drug-likeness (QED) is 0.131. The molecule has 3 heteroatoms. The number of aryl methyl sites for hydroxylation is 1. The number of unbranched alkanes of at least 4 members (excludes halogenated alkanes) is 16. The van der Waals surface area contributed by atoms with Gasteiger partial charge in [-0.05, 0) is 71.8 Å². The van der Waals surface area contributed by atoms with E-state index in [1.165, 1.54) is 137 Å². The van der Waals surface area contributed by atoms with Crippen molar-refractivity contribution in [2.24, 2.45) is 0 Å². The Morgan fingerprint density at radius 2 is 1.12 bits per heavy atom. The predicted molar refractivity (Wildman–Crippen MR) is 182 cm³/mol. The third kappa shape index (κ3) is 9.18. The van der Waals surface area contributed by atoms with Crippen molar-refractivity contribution in [1.29, 1.82) is 0 Å². The summed E-state index contributed by atoms with van der Waals surface area (Å²) in [6, 6.07) is 11.3. The third-order valence-electron chi connectivity index (χ3n) is 9.34. The van der Waals surface area contributed by atoms with Gasteiger partial charge in [0.25, 0.3) is 0 Å². The number of hydrogen-bond donors (Lipinski definition) is 1. The van der Waals surface area contributed by atoms with Gasteiger partial charge in [0.15, 0.2) is 0 Å². The topological polar surface area (TPSA) is 20.2 Å². The van der Waals surface area contributed by atoms with Crippen molar-refractivity contribution in [3.63, 3.8) is 0 Å². The number of fused-ring (bicyclic) bond motifs is 3. The first-order valence-electron chi connectivity index (χ1n) is 16.7. The number of halogens is 2. The summed E-state index contributed by atoms with van der Waals surface area (Å²) in [4.78, 5) is 0. The van der Waals surface area contributed by atoms with E-state index in [2.05, 4.69) is 83.0 Å². The summed E-state index contributed by atoms with van der Waals surface area (Å²) in [5.74, 6) is 0. The van der Waals surface area contributed by atoms with Crippen molar-refractivity contribution in [3.8, 4) is 11.1 Å². The highest BCUT2D eigenvalue weighted by atomic mass is 79.9. The van der Waals surface area contributed by atoms with Crippen LogP contribution in [0.1, 0.15) is 159 Å². The first-order chi connectivity index (χ1) is 19.5. The van der Waals surface area contributed by atoms with Crippen molar-refractivity contribution >= 4 is 31.9 Å². The minimum Gasteiger partial charge on any atom is -0.392 e. The highest BCUT2D eigenvalue weighted by Gasteiger charge is 2.48. The van der Waals surface area contributed by atoms with Crippen LogP contribution in [-0.2, 0) is 5.41 Å². The van der Waals surface area contributed by atoms with Crippen molar-refractivity contribution in [2.75, 3.05) is 0 Å². The van der Waals surface area contributed by atoms with Gasteiger partial charge in [0.2, 0.25) is 0 Å². The molecule has 1 aliphatic rings. The Hall–Kier alpha value is -0.640. The summed E-state index contributed by atoms with van der Waals surface area (Å²) in [7, 11) is 0. The van der Waals surface area contributed by atoms with Crippen molar-refractivity contribution in [1.82, 2.24) is 0 Å². The smallest absolute Gasteiger partial charge is 0.0677 e. The normalized spacial score (nSPS) is 16.8. The van der Waals surface area contributed by atoms with Crippen molar-refractivity contribution in [2.45, 2.75) is 161 Å². The lowest BCUT2D eigenvalue weighted by atomic mass is 9.68. The first kappa shape index (κ1) is 33.9. The van der Waals surface area contributed by atoms with E-state index in [1.54, 1.807) is 0 Å². The molecule has 1 N–H and O–H groups in total. The highest BCUT2D eigenvalue weighted by molar-refractivity contribution is 9.10. The molecule has 0 aromatic heterocycles. The molecule has 2 aromatic rings. The molecule has 2 aromatic carbocycles. The standard InChI is InChI=1S/C37H56Br2O/c1-4-6-8-10-12-14-16-18-20-22-35(40)37(25-21-19-17-15-13-11-9-7-5-2)33-27-30(38)23-24-32(33)36-29(3)26-31(39)28-34(36)37/h23-24,26-28,35,40H,4-22,25H2,1-3H3. The number of hydrogen-bond acceptors (Lipinski definition) is 1. The summed E-state index contributed by atoms with van der Waals surface area (Å²) in [6.07, 6.45) is 25.3. The van der Waals surface area contributed by atoms with E-state index >= 15 is 0 Å². The lowest BCUT2D eigenvalue weighted by Gasteiger charge is -2.37. The first-order valence-corrected chi connectivity index (χ1v) is 18.3. The molecule has 0 saturated heterocycles. The number of aliphatic hydroxyl groups excluding tert-OH is 1. The summed E-state index contributed by atoms with van der Waals surface area (Å²) in [6.45, 7) is 6.81. The van der Waals surface area contributed by atoms with Crippen LogP contribution in [0.2, 0.25) is 0 Å². The van der Waals surface area contributed by atoms with Crippen LogP contribution < -0.4 is 0 Å². The van der Waals surface area contributed by atoms with Gasteiger partial charge in [-0.15, -0.1) is 0 Å². The highest BCUT2D eigenvalue weighted by Crippen LogP contribution is 2.56. The van der Waals surface area contributed by atoms with Crippen LogP contribution in [0.5, 0.6) is 0 Å². The number of rotatable bonds is 21. The second kappa shape index (κ2) is 18.1. The number of benzene rings is 2. The lowest BCUT2D eigenvalue weighted by Crippen LogP contribution is -2.39. The van der Waals surface area contributed by atoms with E-state index in [9.17, 15) is 5.11 Å². The number of aliphatic hydroxyl groups is 1. The molecule has 0 bridgehead atoms. The lowest BCUT2D eigenvalue weighted by molar-refractivity contribution is 0.0855. The van der Waals surface area contributed by atoms with Crippen LogP contribution in [0.3, 0.4) is 0 Å². The predicted octanol–water partition coefficient (Wildman–Crippen LogP) is 13.0. The Labute approximate surface area is 263 Å². The van der Waals surface area contributed by atoms with E-state index in [0.29, 0.717) is 0 Å². The maximum Gasteiger partial charge on any atom is 0.0677 e. The van der Waals surface area contributed by atoms with Crippen LogP contribution in [-0.4, -0.2) is 11.2 Å². The molecule has 40 heavy (non-hydrogen) atoms. The van der Waals surface area contributed by atoms with Crippen LogP contribution in [0.15, 0.2) is 39.3 Å². The van der Waals surface area contributed by atoms with Crippen molar-refractivity contribution in [3.05, 3.63) is 56.0 Å². The zero-order valence-electron chi connectivity index (χ0n) is 25.8. The van der Waals surface area contributed by atoms with E-state index in [1.807, 2.05) is 0 Å². The second-order valence-corrected chi connectivity index (χ2v) is 14.3.